The molecule has 0 atom stereocenters. The van der Waals surface area contributed by atoms with Crippen molar-refractivity contribution in [2.45, 2.75) is 23.2 Å². The number of thioether (sulfide) groups is 1. The van der Waals surface area contributed by atoms with Gasteiger partial charge in [-0.2, -0.15) is 0 Å². The number of H-pyrrole nitrogens is 1. The summed E-state index contributed by atoms with van der Waals surface area (Å²) >= 11 is 1.57. The van der Waals surface area contributed by atoms with Crippen molar-refractivity contribution in [2.75, 3.05) is 18.9 Å². The third kappa shape index (κ3) is 2.97. The second-order valence-corrected chi connectivity index (χ2v) is 4.69. The van der Waals surface area contributed by atoms with Crippen LogP contribution in [0.15, 0.2) is 16.0 Å². The summed E-state index contributed by atoms with van der Waals surface area (Å²) in [6.07, 6.45) is 1.98. The number of nitrogens with two attached hydrogens (primary N) is 1. The molecule has 15 heavy (non-hydrogen) atoms. The molecule has 1 aliphatic rings. The van der Waals surface area contributed by atoms with E-state index in [0.29, 0.717) is 10.4 Å². The summed E-state index contributed by atoms with van der Waals surface area (Å²) in [5.41, 5.74) is 5.30. The molecule has 0 amide bonds. The summed E-state index contributed by atoms with van der Waals surface area (Å²) < 4.78 is 5.25. The molecule has 3 N–H and O–H groups in total. The first-order valence-corrected chi connectivity index (χ1v) is 5.73. The van der Waals surface area contributed by atoms with Gasteiger partial charge >= 0.3 is 0 Å². The van der Waals surface area contributed by atoms with Crippen LogP contribution >= 0.6 is 11.8 Å². The fourth-order valence-electron chi connectivity index (χ4n) is 1.46. The van der Waals surface area contributed by atoms with Crippen LogP contribution < -0.4 is 11.3 Å². The average molecular weight is 227 g/mol. The van der Waals surface area contributed by atoms with Crippen molar-refractivity contribution in [1.82, 2.24) is 9.97 Å². The molecule has 1 aromatic rings. The molecule has 82 valence electrons. The molecular formula is C9H13N3O2S. The minimum atomic E-state index is -0.197. The summed E-state index contributed by atoms with van der Waals surface area (Å²) in [5.74, 6) is 0.272. The van der Waals surface area contributed by atoms with Gasteiger partial charge < -0.3 is 15.5 Å². The van der Waals surface area contributed by atoms with Crippen LogP contribution in [-0.2, 0) is 4.74 Å². The first kappa shape index (κ1) is 10.5. The fraction of sp³-hybridized carbons (Fsp3) is 0.556. The number of rotatable bonds is 2. The molecule has 0 aliphatic carbocycles. The second kappa shape index (κ2) is 4.67. The van der Waals surface area contributed by atoms with Crippen molar-refractivity contribution in [3.05, 3.63) is 16.4 Å². The smallest absolute Gasteiger partial charge is 0.253 e. The Hall–Kier alpha value is -1.01. The van der Waals surface area contributed by atoms with E-state index in [-0.39, 0.29) is 11.4 Å². The molecule has 2 heterocycles. The van der Waals surface area contributed by atoms with E-state index >= 15 is 0 Å². The lowest BCUT2D eigenvalue weighted by Crippen LogP contribution is -2.19. The Morgan fingerprint density at radius 1 is 1.53 bits per heavy atom. The minimum Gasteiger partial charge on any atom is -0.383 e. The fourth-order valence-corrected chi connectivity index (χ4v) is 2.52. The Bertz CT molecular complexity index is 387. The highest BCUT2D eigenvalue weighted by atomic mass is 32.2. The van der Waals surface area contributed by atoms with Crippen LogP contribution in [0.1, 0.15) is 12.8 Å². The zero-order valence-corrected chi connectivity index (χ0v) is 9.05. The number of nitrogen functional groups attached to an aromatic ring is 1. The third-order valence-corrected chi connectivity index (χ3v) is 3.41. The SMILES string of the molecule is Nc1cc(=O)[nH]c(SC2CCOCC2)n1. The summed E-state index contributed by atoms with van der Waals surface area (Å²) in [6, 6.07) is 1.29. The molecule has 0 aromatic carbocycles. The molecule has 0 bridgehead atoms. The third-order valence-electron chi connectivity index (χ3n) is 2.19. The number of aromatic amines is 1. The van der Waals surface area contributed by atoms with Crippen molar-refractivity contribution in [3.63, 3.8) is 0 Å². The van der Waals surface area contributed by atoms with Gasteiger partial charge in [0.1, 0.15) is 5.82 Å². The van der Waals surface area contributed by atoms with Gasteiger partial charge in [0.05, 0.1) is 0 Å². The Morgan fingerprint density at radius 3 is 2.93 bits per heavy atom. The lowest BCUT2D eigenvalue weighted by Gasteiger charge is -2.20. The van der Waals surface area contributed by atoms with Crippen molar-refractivity contribution in [1.29, 1.82) is 0 Å². The van der Waals surface area contributed by atoms with Gasteiger partial charge in [-0.25, -0.2) is 4.98 Å². The van der Waals surface area contributed by atoms with E-state index in [1.807, 2.05) is 0 Å². The van der Waals surface area contributed by atoms with Gasteiger partial charge in [0, 0.05) is 24.5 Å². The van der Waals surface area contributed by atoms with Crippen LogP contribution in [0.2, 0.25) is 0 Å². The molecule has 5 nitrogen and oxygen atoms in total. The van der Waals surface area contributed by atoms with Crippen LogP contribution in [0.5, 0.6) is 0 Å². The average Bonchev–Trinajstić information content (AvgIpc) is 2.17. The van der Waals surface area contributed by atoms with Crippen molar-refractivity contribution < 1.29 is 4.74 Å². The van der Waals surface area contributed by atoms with E-state index < -0.39 is 0 Å². The lowest BCUT2D eigenvalue weighted by atomic mass is 10.2. The predicted octanol–water partition coefficient (Wildman–Crippen LogP) is 0.623. The first-order chi connectivity index (χ1) is 7.24. The molecule has 6 heteroatoms. The highest BCUT2D eigenvalue weighted by Crippen LogP contribution is 2.26. The molecule has 2 rings (SSSR count). The van der Waals surface area contributed by atoms with Gasteiger partial charge in [0.25, 0.3) is 5.56 Å². The molecule has 1 saturated heterocycles. The number of nitrogens with one attached hydrogen (secondary N) is 1. The monoisotopic (exact) mass is 227 g/mol. The van der Waals surface area contributed by atoms with E-state index in [9.17, 15) is 4.79 Å². The summed E-state index contributed by atoms with van der Waals surface area (Å²) in [5, 5.41) is 1.07. The van der Waals surface area contributed by atoms with Gasteiger partial charge in [-0.1, -0.05) is 11.8 Å². The second-order valence-electron chi connectivity index (χ2n) is 3.40. The van der Waals surface area contributed by atoms with E-state index in [4.69, 9.17) is 10.5 Å². The van der Waals surface area contributed by atoms with Gasteiger partial charge in [-0.05, 0) is 12.8 Å². The predicted molar refractivity (Wildman–Crippen MR) is 59.0 cm³/mol. The maximum Gasteiger partial charge on any atom is 0.253 e. The number of aromatic nitrogens is 2. The standard InChI is InChI=1S/C9H13N3O2S/c10-7-5-8(13)12-9(11-7)15-6-1-3-14-4-2-6/h5-6H,1-4H2,(H3,10,11,12,13). The summed E-state index contributed by atoms with van der Waals surface area (Å²) in [4.78, 5) is 17.9. The zero-order valence-electron chi connectivity index (χ0n) is 8.23. The van der Waals surface area contributed by atoms with Crippen LogP contribution in [0.4, 0.5) is 5.82 Å². The van der Waals surface area contributed by atoms with Crippen molar-refractivity contribution in [3.8, 4) is 0 Å². The molecule has 0 unspecified atom stereocenters. The van der Waals surface area contributed by atoms with Crippen LogP contribution in [0, 0.1) is 0 Å². The Labute approximate surface area is 91.4 Å². The van der Waals surface area contributed by atoms with Crippen LogP contribution in [0.3, 0.4) is 0 Å². The Balaban J connectivity index is 2.06. The Morgan fingerprint density at radius 2 is 2.27 bits per heavy atom. The topological polar surface area (TPSA) is 81.0 Å². The Kier molecular flexibility index (Phi) is 3.27. The maximum absolute atomic E-state index is 11.1. The van der Waals surface area contributed by atoms with Gasteiger partial charge in [-0.3, -0.25) is 4.79 Å². The first-order valence-electron chi connectivity index (χ1n) is 4.85. The summed E-state index contributed by atoms with van der Waals surface area (Å²) in [7, 11) is 0. The van der Waals surface area contributed by atoms with Crippen molar-refractivity contribution >= 4 is 17.6 Å². The van der Waals surface area contributed by atoms with Crippen LogP contribution in [0.25, 0.3) is 0 Å². The largest absolute Gasteiger partial charge is 0.383 e. The lowest BCUT2D eigenvalue weighted by molar-refractivity contribution is 0.1000. The summed E-state index contributed by atoms with van der Waals surface area (Å²) in [6.45, 7) is 1.56. The zero-order chi connectivity index (χ0) is 10.7. The number of nitrogens with zero attached hydrogens (tertiary/aromatic N) is 1. The van der Waals surface area contributed by atoms with E-state index in [0.717, 1.165) is 26.1 Å². The molecule has 0 radical (unpaired) electrons. The number of ether oxygens (including phenoxy) is 1. The van der Waals surface area contributed by atoms with E-state index in [1.165, 1.54) is 6.07 Å². The quantitative estimate of drug-likeness (QED) is 0.724. The normalized spacial score (nSPS) is 17.9. The molecule has 0 saturated carbocycles. The molecular weight excluding hydrogens is 214 g/mol. The maximum atomic E-state index is 11.1. The van der Waals surface area contributed by atoms with E-state index in [1.54, 1.807) is 11.8 Å². The number of hydrogen-bond donors (Lipinski definition) is 2. The highest BCUT2D eigenvalue weighted by Gasteiger charge is 2.16. The van der Waals surface area contributed by atoms with E-state index in [2.05, 4.69) is 9.97 Å². The van der Waals surface area contributed by atoms with Crippen molar-refractivity contribution in [2.24, 2.45) is 0 Å². The van der Waals surface area contributed by atoms with Gasteiger partial charge in [0.15, 0.2) is 5.16 Å². The minimum absolute atomic E-state index is 0.197. The van der Waals surface area contributed by atoms with Crippen LogP contribution in [-0.4, -0.2) is 28.4 Å². The molecule has 1 aliphatic heterocycles. The van der Waals surface area contributed by atoms with Gasteiger partial charge in [0.2, 0.25) is 0 Å². The number of anilines is 1. The number of hydrogen-bond acceptors (Lipinski definition) is 5. The molecule has 1 aromatic heterocycles. The molecule has 1 fully saturated rings. The highest BCUT2D eigenvalue weighted by molar-refractivity contribution is 7.99. The van der Waals surface area contributed by atoms with Gasteiger partial charge in [-0.15, -0.1) is 0 Å². The molecule has 0 spiro atoms.